The number of alkyl halides is 3. The summed E-state index contributed by atoms with van der Waals surface area (Å²) in [5.41, 5.74) is 3.82. The number of halogens is 3. The SMILES string of the molecule is CCNC1CCN(c2cc(O)c(C(=O)Nc3cn4cc(C)nc(C)c4n3)c3nn(C)cc23)CC1.O=C(O)C(F)(F)F. The van der Waals surface area contributed by atoms with Crippen molar-refractivity contribution in [1.29, 1.82) is 0 Å². The topological polar surface area (TPSA) is 150 Å². The Morgan fingerprint density at radius 2 is 1.78 bits per heavy atom. The zero-order chi connectivity index (χ0) is 30.1. The van der Waals surface area contributed by atoms with Crippen LogP contribution in [0, 0.1) is 13.8 Å². The zero-order valence-electron chi connectivity index (χ0n) is 23.0. The van der Waals surface area contributed by atoms with E-state index in [-0.39, 0.29) is 11.3 Å². The van der Waals surface area contributed by atoms with Gasteiger partial charge in [0.2, 0.25) is 0 Å². The fraction of sp³-hybridized carbons (Fsp3) is 0.423. The number of carboxylic acids is 1. The number of aromatic hydroxyl groups is 1. The number of piperidine rings is 1. The molecule has 0 bridgehead atoms. The maximum absolute atomic E-state index is 13.3. The minimum atomic E-state index is -5.08. The van der Waals surface area contributed by atoms with Gasteiger partial charge in [-0.15, -0.1) is 0 Å². The van der Waals surface area contributed by atoms with E-state index in [4.69, 9.17) is 9.90 Å². The number of fused-ring (bicyclic) bond motifs is 2. The minimum absolute atomic E-state index is 0.0926. The highest BCUT2D eigenvalue weighted by molar-refractivity contribution is 6.15. The summed E-state index contributed by atoms with van der Waals surface area (Å²) in [4.78, 5) is 33.4. The molecule has 1 saturated heterocycles. The van der Waals surface area contributed by atoms with Crippen molar-refractivity contribution in [3.05, 3.63) is 41.6 Å². The van der Waals surface area contributed by atoms with E-state index in [1.54, 1.807) is 16.9 Å². The lowest BCUT2D eigenvalue weighted by molar-refractivity contribution is -0.192. The molecule has 3 aromatic heterocycles. The van der Waals surface area contributed by atoms with E-state index >= 15 is 0 Å². The fourth-order valence-electron chi connectivity index (χ4n) is 4.90. The number of phenols is 1. The Balaban J connectivity index is 0.000000493. The van der Waals surface area contributed by atoms with Gasteiger partial charge in [-0.2, -0.15) is 18.3 Å². The summed E-state index contributed by atoms with van der Waals surface area (Å²) in [7, 11) is 1.82. The predicted octanol–water partition coefficient (Wildman–Crippen LogP) is 3.40. The molecule has 4 heterocycles. The van der Waals surface area contributed by atoms with Crippen LogP contribution >= 0.6 is 0 Å². The molecule has 0 radical (unpaired) electrons. The number of aliphatic carboxylic acids is 1. The third kappa shape index (κ3) is 6.51. The van der Waals surface area contributed by atoms with Crippen molar-refractivity contribution in [1.82, 2.24) is 29.5 Å². The van der Waals surface area contributed by atoms with E-state index < -0.39 is 18.1 Å². The van der Waals surface area contributed by atoms with Crippen molar-refractivity contribution < 1.29 is 33.0 Å². The molecule has 0 spiro atoms. The van der Waals surface area contributed by atoms with Crippen molar-refractivity contribution in [3.8, 4) is 5.75 Å². The molecule has 0 saturated carbocycles. The van der Waals surface area contributed by atoms with Crippen LogP contribution in [0.3, 0.4) is 0 Å². The Hall–Kier alpha value is -4.40. The number of carbonyl (C=O) groups excluding carboxylic acids is 1. The van der Waals surface area contributed by atoms with Gasteiger partial charge in [-0.25, -0.2) is 9.78 Å². The van der Waals surface area contributed by atoms with Gasteiger partial charge in [-0.3, -0.25) is 14.5 Å². The van der Waals surface area contributed by atoms with Crippen LogP contribution in [0.4, 0.5) is 24.7 Å². The van der Waals surface area contributed by atoms with E-state index in [2.05, 4.69) is 37.5 Å². The van der Waals surface area contributed by atoms with Crippen LogP contribution in [0.25, 0.3) is 16.6 Å². The number of hydrogen-bond donors (Lipinski definition) is 4. The number of benzene rings is 1. The molecule has 1 amide bonds. The summed E-state index contributed by atoms with van der Waals surface area (Å²) < 4.78 is 35.3. The van der Waals surface area contributed by atoms with Crippen LogP contribution in [0.5, 0.6) is 5.75 Å². The maximum atomic E-state index is 13.3. The number of aryl methyl sites for hydroxylation is 3. The van der Waals surface area contributed by atoms with Gasteiger partial charge in [0, 0.05) is 50.0 Å². The number of anilines is 2. The molecule has 0 aliphatic carbocycles. The Bertz CT molecular complexity index is 1590. The summed E-state index contributed by atoms with van der Waals surface area (Å²) in [5, 5.41) is 29.8. The van der Waals surface area contributed by atoms with Crippen LogP contribution in [0.15, 0.2) is 24.7 Å². The van der Waals surface area contributed by atoms with Gasteiger partial charge in [0.05, 0.1) is 23.3 Å². The molecule has 1 aliphatic rings. The second kappa shape index (κ2) is 11.6. The number of phenolic OH excluding ortho intramolecular Hbond substituents is 1. The first-order valence-electron chi connectivity index (χ1n) is 12.9. The third-order valence-corrected chi connectivity index (χ3v) is 6.64. The van der Waals surface area contributed by atoms with E-state index in [0.29, 0.717) is 23.0 Å². The molecule has 220 valence electrons. The quantitative estimate of drug-likeness (QED) is 0.280. The van der Waals surface area contributed by atoms with Gasteiger partial charge in [0.1, 0.15) is 16.8 Å². The summed E-state index contributed by atoms with van der Waals surface area (Å²) in [6.07, 6.45) is 2.47. The summed E-state index contributed by atoms with van der Waals surface area (Å²) in [5.74, 6) is -2.92. The van der Waals surface area contributed by atoms with Crippen molar-refractivity contribution in [3.63, 3.8) is 0 Å². The van der Waals surface area contributed by atoms with Gasteiger partial charge in [0.15, 0.2) is 11.5 Å². The standard InChI is InChI=1S/C24H30N8O2.C2HF3O2/c1-5-25-16-6-8-31(9-7-16)18-10-19(33)21(22-17(18)12-30(4)29-22)24(34)28-20-13-32-11-14(2)26-15(3)23(32)27-20;3-2(4,5)1(6)7/h10-13,16,25,33H,5-9H2,1-4H3,(H,28,34);(H,6,7). The van der Waals surface area contributed by atoms with Crippen LogP contribution < -0.4 is 15.5 Å². The van der Waals surface area contributed by atoms with Gasteiger partial charge < -0.3 is 30.1 Å². The largest absolute Gasteiger partial charge is 0.507 e. The Morgan fingerprint density at radius 1 is 1.12 bits per heavy atom. The third-order valence-electron chi connectivity index (χ3n) is 6.64. The lowest BCUT2D eigenvalue weighted by Crippen LogP contribution is -2.42. The minimum Gasteiger partial charge on any atom is -0.507 e. The second-order valence-electron chi connectivity index (χ2n) is 9.76. The molecular weight excluding hydrogens is 545 g/mol. The Morgan fingerprint density at radius 3 is 2.39 bits per heavy atom. The Kier molecular flexibility index (Phi) is 8.37. The first-order chi connectivity index (χ1) is 19.3. The molecule has 15 heteroatoms. The average Bonchev–Trinajstić information content (AvgIpc) is 3.46. The highest BCUT2D eigenvalue weighted by atomic mass is 19.4. The van der Waals surface area contributed by atoms with Crippen LogP contribution in [0.2, 0.25) is 0 Å². The number of carbonyl (C=O) groups is 2. The fourth-order valence-corrected chi connectivity index (χ4v) is 4.90. The molecule has 0 atom stereocenters. The normalized spacial score (nSPS) is 14.3. The lowest BCUT2D eigenvalue weighted by atomic mass is 10.0. The van der Waals surface area contributed by atoms with Crippen LogP contribution in [0.1, 0.15) is 41.5 Å². The van der Waals surface area contributed by atoms with Gasteiger partial charge >= 0.3 is 12.1 Å². The molecule has 1 aliphatic heterocycles. The number of carboxylic acid groups (broad SMARTS) is 1. The van der Waals surface area contributed by atoms with E-state index in [0.717, 1.165) is 54.9 Å². The smallest absolute Gasteiger partial charge is 0.490 e. The number of nitrogens with zero attached hydrogens (tertiary/aromatic N) is 6. The number of nitrogens with one attached hydrogen (secondary N) is 2. The van der Waals surface area contributed by atoms with Gasteiger partial charge in [-0.1, -0.05) is 6.92 Å². The number of amides is 1. The lowest BCUT2D eigenvalue weighted by Gasteiger charge is -2.34. The van der Waals surface area contributed by atoms with Gasteiger partial charge in [0.25, 0.3) is 5.91 Å². The highest BCUT2D eigenvalue weighted by Gasteiger charge is 2.38. The summed E-state index contributed by atoms with van der Waals surface area (Å²) >= 11 is 0. The first-order valence-corrected chi connectivity index (χ1v) is 12.9. The summed E-state index contributed by atoms with van der Waals surface area (Å²) in [6, 6.07) is 2.20. The molecule has 41 heavy (non-hydrogen) atoms. The summed E-state index contributed by atoms with van der Waals surface area (Å²) in [6.45, 7) is 8.62. The molecule has 4 aromatic rings. The molecule has 5 rings (SSSR count). The van der Waals surface area contributed by atoms with Crippen molar-refractivity contribution >= 4 is 39.9 Å². The van der Waals surface area contributed by atoms with E-state index in [1.165, 1.54) is 0 Å². The number of hydrogen-bond acceptors (Lipinski definition) is 8. The number of imidazole rings is 1. The predicted molar refractivity (Wildman–Crippen MR) is 145 cm³/mol. The van der Waals surface area contributed by atoms with Crippen LogP contribution in [-0.4, -0.2) is 78.1 Å². The molecule has 0 unspecified atom stereocenters. The molecule has 1 aromatic carbocycles. The van der Waals surface area contributed by atoms with Gasteiger partial charge in [-0.05, 0) is 33.2 Å². The van der Waals surface area contributed by atoms with E-state index in [9.17, 15) is 23.1 Å². The maximum Gasteiger partial charge on any atom is 0.490 e. The Labute approximate surface area is 232 Å². The molecule has 1 fully saturated rings. The second-order valence-corrected chi connectivity index (χ2v) is 9.76. The average molecular weight is 577 g/mol. The number of rotatable bonds is 5. The first kappa shape index (κ1) is 29.6. The van der Waals surface area contributed by atoms with E-state index in [1.807, 2.05) is 37.7 Å². The van der Waals surface area contributed by atoms with Crippen molar-refractivity contribution in [2.75, 3.05) is 29.9 Å². The van der Waals surface area contributed by atoms with Crippen LogP contribution in [-0.2, 0) is 11.8 Å². The molecule has 12 nitrogen and oxygen atoms in total. The van der Waals surface area contributed by atoms with Crippen molar-refractivity contribution in [2.24, 2.45) is 7.05 Å². The highest BCUT2D eigenvalue weighted by Crippen LogP contribution is 2.36. The zero-order valence-corrected chi connectivity index (χ0v) is 23.0. The number of aromatic nitrogens is 5. The molecule has 4 N–H and O–H groups in total. The molecular formula is C26H31F3N8O4. The van der Waals surface area contributed by atoms with Crippen molar-refractivity contribution in [2.45, 2.75) is 45.8 Å². The monoisotopic (exact) mass is 576 g/mol.